The van der Waals surface area contributed by atoms with Crippen molar-refractivity contribution in [3.8, 4) is 0 Å². The van der Waals surface area contributed by atoms with Gasteiger partial charge in [-0.1, -0.05) is 60.8 Å². The highest BCUT2D eigenvalue weighted by molar-refractivity contribution is 4.84. The van der Waals surface area contributed by atoms with Gasteiger partial charge in [-0.2, -0.15) is 0 Å². The minimum atomic E-state index is 0.0187. The Morgan fingerprint density at radius 1 is 0.421 bits per heavy atom. The van der Waals surface area contributed by atoms with Crippen LogP contribution in [0.15, 0.2) is 100 Å². The van der Waals surface area contributed by atoms with E-state index in [0.29, 0.717) is 52.9 Å². The van der Waals surface area contributed by atoms with Gasteiger partial charge in [0, 0.05) is 26.1 Å². The molecule has 0 aliphatic rings. The molecule has 0 saturated carbocycles. The SMILES string of the molecule is C=CCOC(C=C)CCOCCC(C=C)OCC=C.C=CCOC/C=C/CCOCC/C=C/COCC=C. The largest absolute Gasteiger partial charge is 0.381 e. The summed E-state index contributed by atoms with van der Waals surface area (Å²) in [5, 5.41) is 0. The first-order chi connectivity index (χ1) is 18.7. The molecule has 0 aliphatic heterocycles. The molecule has 0 aromatic carbocycles. The zero-order valence-electron chi connectivity index (χ0n) is 23.5. The van der Waals surface area contributed by atoms with Crippen LogP contribution in [0.3, 0.4) is 0 Å². The summed E-state index contributed by atoms with van der Waals surface area (Å²) in [6.07, 6.45) is 22.1. The van der Waals surface area contributed by atoms with Crippen LogP contribution in [0.4, 0.5) is 0 Å². The Kier molecular flexibility index (Phi) is 34.5. The fourth-order valence-corrected chi connectivity index (χ4v) is 2.64. The second-order valence-electron chi connectivity index (χ2n) is 7.77. The zero-order chi connectivity index (χ0) is 28.4. The van der Waals surface area contributed by atoms with Gasteiger partial charge in [-0.25, -0.2) is 0 Å². The third kappa shape index (κ3) is 31.7. The van der Waals surface area contributed by atoms with E-state index in [0.717, 1.165) is 38.9 Å². The summed E-state index contributed by atoms with van der Waals surface area (Å²) in [6.45, 7) is 28.2. The highest BCUT2D eigenvalue weighted by Crippen LogP contribution is 2.04. The Bertz CT molecular complexity index is 573. The van der Waals surface area contributed by atoms with Crippen molar-refractivity contribution < 1.29 is 28.4 Å². The van der Waals surface area contributed by atoms with Gasteiger partial charge < -0.3 is 28.4 Å². The molecule has 0 aliphatic carbocycles. The van der Waals surface area contributed by atoms with Crippen LogP contribution in [0.2, 0.25) is 0 Å². The van der Waals surface area contributed by atoms with Crippen molar-refractivity contribution >= 4 is 0 Å². The summed E-state index contributed by atoms with van der Waals surface area (Å²) < 4.78 is 32.4. The normalized spacial score (nSPS) is 12.4. The molecule has 0 radical (unpaired) electrons. The predicted octanol–water partition coefficient (Wildman–Crippen LogP) is 6.60. The second kappa shape index (κ2) is 34.7. The third-order valence-corrected chi connectivity index (χ3v) is 4.57. The quantitative estimate of drug-likeness (QED) is 0.0836. The van der Waals surface area contributed by atoms with Crippen LogP contribution < -0.4 is 0 Å². The molecule has 6 heteroatoms. The molecular weight excluding hydrogens is 480 g/mol. The fraction of sp³-hybridized carbons (Fsp3) is 0.500. The van der Waals surface area contributed by atoms with Crippen molar-refractivity contribution in [2.24, 2.45) is 0 Å². The van der Waals surface area contributed by atoms with Crippen LogP contribution in [-0.4, -0.2) is 78.3 Å². The van der Waals surface area contributed by atoms with Gasteiger partial charge in [0.2, 0.25) is 0 Å². The Morgan fingerprint density at radius 3 is 1.18 bits per heavy atom. The number of ether oxygens (including phenoxy) is 6. The van der Waals surface area contributed by atoms with E-state index in [1.165, 1.54) is 0 Å². The number of hydrogen-bond acceptors (Lipinski definition) is 6. The van der Waals surface area contributed by atoms with Gasteiger partial charge in [0.1, 0.15) is 0 Å². The van der Waals surface area contributed by atoms with Crippen LogP contribution in [-0.2, 0) is 28.4 Å². The summed E-state index contributed by atoms with van der Waals surface area (Å²) in [6, 6.07) is 0. The molecular formula is C32H52O6. The van der Waals surface area contributed by atoms with Gasteiger partial charge in [-0.05, 0) is 12.8 Å². The van der Waals surface area contributed by atoms with Gasteiger partial charge in [-0.15, -0.1) is 39.5 Å². The maximum Gasteiger partial charge on any atom is 0.0779 e. The maximum absolute atomic E-state index is 5.55. The lowest BCUT2D eigenvalue weighted by molar-refractivity contribution is 0.0384. The lowest BCUT2D eigenvalue weighted by Crippen LogP contribution is -2.16. The van der Waals surface area contributed by atoms with E-state index < -0.39 is 0 Å². The molecule has 0 N–H and O–H groups in total. The zero-order valence-corrected chi connectivity index (χ0v) is 23.5. The number of rotatable bonds is 28. The molecule has 38 heavy (non-hydrogen) atoms. The van der Waals surface area contributed by atoms with Crippen molar-refractivity contribution in [1.82, 2.24) is 0 Å². The van der Waals surface area contributed by atoms with Crippen molar-refractivity contribution in [1.29, 1.82) is 0 Å². The second-order valence-corrected chi connectivity index (χ2v) is 7.77. The predicted molar refractivity (Wildman–Crippen MR) is 161 cm³/mol. The molecule has 0 rings (SSSR count). The molecule has 0 aromatic rings. The smallest absolute Gasteiger partial charge is 0.0779 e. The first-order valence-electron chi connectivity index (χ1n) is 13.2. The van der Waals surface area contributed by atoms with Gasteiger partial charge in [0.15, 0.2) is 0 Å². The lowest BCUT2D eigenvalue weighted by Gasteiger charge is -2.14. The Balaban J connectivity index is 0. The standard InChI is InChI=1S/2C16H26O3/c1-5-11-18-15(7-3)9-13-17-14-10-16(8-4)19-12-6-2;1-3-11-17-13-7-5-9-15-19-16-10-6-8-14-18-12-4-2/h5-8,15-16H,1-4,9-14H2;3-8H,1-2,9-16H2/b;7-5+,8-6+. The van der Waals surface area contributed by atoms with Crippen molar-refractivity contribution in [2.75, 3.05) is 66.1 Å². The molecule has 0 fully saturated rings. The molecule has 6 nitrogen and oxygen atoms in total. The van der Waals surface area contributed by atoms with Crippen LogP contribution in [0.25, 0.3) is 0 Å². The number of hydrogen-bond donors (Lipinski definition) is 0. The molecule has 0 heterocycles. The maximum atomic E-state index is 5.55. The van der Waals surface area contributed by atoms with E-state index in [-0.39, 0.29) is 12.2 Å². The van der Waals surface area contributed by atoms with Gasteiger partial charge in [0.05, 0.1) is 65.1 Å². The lowest BCUT2D eigenvalue weighted by atomic mass is 10.2. The molecule has 2 atom stereocenters. The van der Waals surface area contributed by atoms with Gasteiger partial charge >= 0.3 is 0 Å². The summed E-state index contributed by atoms with van der Waals surface area (Å²) in [5.74, 6) is 0. The van der Waals surface area contributed by atoms with E-state index in [1.807, 2.05) is 12.2 Å². The molecule has 216 valence electrons. The molecule has 0 amide bonds. The van der Waals surface area contributed by atoms with E-state index in [2.05, 4.69) is 51.6 Å². The first-order valence-corrected chi connectivity index (χ1v) is 13.2. The summed E-state index contributed by atoms with van der Waals surface area (Å²) in [7, 11) is 0. The minimum absolute atomic E-state index is 0.0187. The molecule has 0 spiro atoms. The molecule has 0 bridgehead atoms. The summed E-state index contributed by atoms with van der Waals surface area (Å²) in [5.41, 5.74) is 0. The monoisotopic (exact) mass is 532 g/mol. The first kappa shape index (κ1) is 37.8. The van der Waals surface area contributed by atoms with Crippen molar-refractivity contribution in [3.05, 3.63) is 100 Å². The molecule has 0 aromatic heterocycles. The van der Waals surface area contributed by atoms with Gasteiger partial charge in [0.25, 0.3) is 0 Å². The average molecular weight is 533 g/mol. The minimum Gasteiger partial charge on any atom is -0.381 e. The summed E-state index contributed by atoms with van der Waals surface area (Å²) in [4.78, 5) is 0. The van der Waals surface area contributed by atoms with E-state index in [9.17, 15) is 0 Å². The Labute approximate surface area is 232 Å². The van der Waals surface area contributed by atoms with E-state index >= 15 is 0 Å². The fourth-order valence-electron chi connectivity index (χ4n) is 2.64. The highest BCUT2D eigenvalue weighted by atomic mass is 16.5. The van der Waals surface area contributed by atoms with Crippen LogP contribution in [0.5, 0.6) is 0 Å². The van der Waals surface area contributed by atoms with Crippen molar-refractivity contribution in [3.63, 3.8) is 0 Å². The third-order valence-electron chi connectivity index (χ3n) is 4.57. The van der Waals surface area contributed by atoms with Gasteiger partial charge in [-0.3, -0.25) is 0 Å². The Hall–Kier alpha value is -2.32. The Morgan fingerprint density at radius 2 is 0.816 bits per heavy atom. The molecule has 0 saturated heterocycles. The van der Waals surface area contributed by atoms with Crippen LogP contribution in [0.1, 0.15) is 25.7 Å². The van der Waals surface area contributed by atoms with Crippen molar-refractivity contribution in [2.45, 2.75) is 37.9 Å². The topological polar surface area (TPSA) is 55.4 Å². The average Bonchev–Trinajstić information content (AvgIpc) is 2.94. The van der Waals surface area contributed by atoms with E-state index in [4.69, 9.17) is 28.4 Å². The highest BCUT2D eigenvalue weighted by Gasteiger charge is 2.05. The molecule has 2 unspecified atom stereocenters. The van der Waals surface area contributed by atoms with E-state index in [1.54, 1.807) is 36.5 Å². The van der Waals surface area contributed by atoms with Crippen LogP contribution >= 0.6 is 0 Å². The summed E-state index contributed by atoms with van der Waals surface area (Å²) >= 11 is 0. The van der Waals surface area contributed by atoms with Crippen LogP contribution in [0, 0.1) is 0 Å².